The fourth-order valence-electron chi connectivity index (χ4n) is 3.36. The Labute approximate surface area is 136 Å². The second-order valence-electron chi connectivity index (χ2n) is 6.13. The van der Waals surface area contributed by atoms with E-state index < -0.39 is 24.2 Å². The predicted molar refractivity (Wildman–Crippen MR) is 77.9 cm³/mol. The van der Waals surface area contributed by atoms with Gasteiger partial charge in [0.25, 0.3) is 0 Å². The summed E-state index contributed by atoms with van der Waals surface area (Å²) in [6, 6.07) is 5.23. The van der Waals surface area contributed by atoms with Crippen LogP contribution >= 0.6 is 0 Å². The zero-order valence-electron chi connectivity index (χ0n) is 12.8. The Morgan fingerprint density at radius 3 is 2.62 bits per heavy atom. The molecule has 2 fully saturated rings. The van der Waals surface area contributed by atoms with Crippen LogP contribution in [0.2, 0.25) is 0 Å². The third-order valence-electron chi connectivity index (χ3n) is 4.52. The maximum Gasteiger partial charge on any atom is 0.573 e. The lowest BCUT2D eigenvalue weighted by Crippen LogP contribution is -2.44. The summed E-state index contributed by atoms with van der Waals surface area (Å²) in [5.74, 6) is -1.80. The minimum absolute atomic E-state index is 0.219. The largest absolute Gasteiger partial charge is 0.573 e. The topological polar surface area (TPSA) is 72.6 Å². The lowest BCUT2D eigenvalue weighted by molar-refractivity contribution is -0.274. The Kier molecular flexibility index (Phi) is 4.15. The molecule has 0 spiro atoms. The summed E-state index contributed by atoms with van der Waals surface area (Å²) < 4.78 is 41.5. The van der Waals surface area contributed by atoms with E-state index in [-0.39, 0.29) is 17.6 Å². The van der Waals surface area contributed by atoms with Gasteiger partial charge in [0, 0.05) is 12.5 Å². The smallest absolute Gasteiger partial charge is 0.405 e. The van der Waals surface area contributed by atoms with E-state index in [1.54, 1.807) is 6.07 Å². The SMILES string of the molecule is NC(=O)[C@@H]1CCCN1C(=O)[C@@H]1C[C@@H]1c1ccccc1OC(F)(F)F. The average Bonchev–Trinajstić information content (AvgIpc) is 3.12. The van der Waals surface area contributed by atoms with Crippen LogP contribution in [0.4, 0.5) is 13.2 Å². The van der Waals surface area contributed by atoms with Crippen molar-refractivity contribution in [2.24, 2.45) is 11.7 Å². The molecular weight excluding hydrogens is 325 g/mol. The second kappa shape index (κ2) is 5.99. The highest BCUT2D eigenvalue weighted by Gasteiger charge is 2.49. The van der Waals surface area contributed by atoms with Gasteiger partial charge in [0.2, 0.25) is 11.8 Å². The molecule has 1 saturated heterocycles. The van der Waals surface area contributed by atoms with E-state index in [1.807, 2.05) is 0 Å². The molecule has 8 heteroatoms. The van der Waals surface area contributed by atoms with Gasteiger partial charge in [-0.05, 0) is 36.8 Å². The molecule has 1 heterocycles. The molecule has 0 aromatic heterocycles. The molecule has 2 aliphatic rings. The van der Waals surface area contributed by atoms with Gasteiger partial charge in [-0.3, -0.25) is 9.59 Å². The highest BCUT2D eigenvalue weighted by Crippen LogP contribution is 2.52. The maximum atomic E-state index is 12.6. The van der Waals surface area contributed by atoms with E-state index in [0.717, 1.165) is 0 Å². The van der Waals surface area contributed by atoms with Gasteiger partial charge in [-0.25, -0.2) is 0 Å². The number of likely N-dealkylation sites (tertiary alicyclic amines) is 1. The van der Waals surface area contributed by atoms with E-state index in [1.165, 1.54) is 23.1 Å². The van der Waals surface area contributed by atoms with Gasteiger partial charge in [0.15, 0.2) is 0 Å². The van der Waals surface area contributed by atoms with Crippen molar-refractivity contribution in [3.8, 4) is 5.75 Å². The standard InChI is InChI=1S/C16H17F3N2O3/c17-16(18,19)24-13-6-2-1-4-9(13)10-8-11(10)15(23)21-7-3-5-12(21)14(20)22/h1-2,4,6,10-12H,3,5,7-8H2,(H2,20,22)/t10-,11-,12+/m1/s1. The number of benzene rings is 1. The van der Waals surface area contributed by atoms with Gasteiger partial charge < -0.3 is 15.4 Å². The molecule has 24 heavy (non-hydrogen) atoms. The van der Waals surface area contributed by atoms with Crippen molar-refractivity contribution < 1.29 is 27.5 Å². The molecule has 3 atom stereocenters. The number of halogens is 3. The zero-order chi connectivity index (χ0) is 17.5. The van der Waals surface area contributed by atoms with E-state index in [0.29, 0.717) is 31.4 Å². The molecule has 3 rings (SSSR count). The minimum Gasteiger partial charge on any atom is -0.405 e. The number of carbonyl (C=O) groups excluding carboxylic acids is 2. The highest BCUT2D eigenvalue weighted by molar-refractivity contribution is 5.90. The van der Waals surface area contributed by atoms with Crippen LogP contribution in [0.15, 0.2) is 24.3 Å². The van der Waals surface area contributed by atoms with Crippen LogP contribution in [-0.2, 0) is 9.59 Å². The molecule has 1 aliphatic heterocycles. The Bertz CT molecular complexity index is 662. The monoisotopic (exact) mass is 342 g/mol. The van der Waals surface area contributed by atoms with Gasteiger partial charge in [0.1, 0.15) is 11.8 Å². The molecular formula is C16H17F3N2O3. The lowest BCUT2D eigenvalue weighted by atomic mass is 10.1. The van der Waals surface area contributed by atoms with Gasteiger partial charge in [-0.1, -0.05) is 18.2 Å². The summed E-state index contributed by atoms with van der Waals surface area (Å²) in [4.78, 5) is 25.4. The molecule has 130 valence electrons. The highest BCUT2D eigenvalue weighted by atomic mass is 19.4. The molecule has 1 saturated carbocycles. The Hall–Kier alpha value is -2.25. The number of hydrogen-bond acceptors (Lipinski definition) is 3. The second-order valence-corrected chi connectivity index (χ2v) is 6.13. The summed E-state index contributed by atoms with van der Waals surface area (Å²) in [6.07, 6.45) is -3.10. The number of amides is 2. The third kappa shape index (κ3) is 3.32. The summed E-state index contributed by atoms with van der Waals surface area (Å²) >= 11 is 0. The quantitative estimate of drug-likeness (QED) is 0.911. The molecule has 1 aliphatic carbocycles. The van der Waals surface area contributed by atoms with Crippen molar-refractivity contribution in [3.05, 3.63) is 29.8 Å². The zero-order valence-corrected chi connectivity index (χ0v) is 12.8. The first-order chi connectivity index (χ1) is 11.3. The van der Waals surface area contributed by atoms with Crippen LogP contribution in [-0.4, -0.2) is 35.7 Å². The Morgan fingerprint density at radius 2 is 1.96 bits per heavy atom. The fourth-order valence-corrected chi connectivity index (χ4v) is 3.36. The van der Waals surface area contributed by atoms with Crippen molar-refractivity contribution in [3.63, 3.8) is 0 Å². The molecule has 2 amide bonds. The summed E-state index contributed by atoms with van der Waals surface area (Å²) in [6.45, 7) is 0.455. The Balaban J connectivity index is 1.74. The molecule has 5 nitrogen and oxygen atoms in total. The molecule has 0 radical (unpaired) electrons. The number of carbonyl (C=O) groups is 2. The van der Waals surface area contributed by atoms with Crippen molar-refractivity contribution in [2.75, 3.05) is 6.54 Å². The minimum atomic E-state index is -4.78. The average molecular weight is 342 g/mol. The van der Waals surface area contributed by atoms with Gasteiger partial charge in [-0.2, -0.15) is 0 Å². The first-order valence-corrected chi connectivity index (χ1v) is 7.72. The van der Waals surface area contributed by atoms with Crippen LogP contribution < -0.4 is 10.5 Å². The summed E-state index contributed by atoms with van der Waals surface area (Å²) in [5.41, 5.74) is 5.67. The number of para-hydroxylation sites is 1. The van der Waals surface area contributed by atoms with Crippen molar-refractivity contribution in [2.45, 2.75) is 37.6 Å². The summed E-state index contributed by atoms with van der Waals surface area (Å²) in [7, 11) is 0. The van der Waals surface area contributed by atoms with Crippen LogP contribution in [0, 0.1) is 5.92 Å². The molecule has 2 N–H and O–H groups in total. The lowest BCUT2D eigenvalue weighted by Gasteiger charge is -2.22. The third-order valence-corrected chi connectivity index (χ3v) is 4.52. The maximum absolute atomic E-state index is 12.6. The molecule has 1 aromatic rings. The first-order valence-electron chi connectivity index (χ1n) is 7.72. The number of hydrogen-bond donors (Lipinski definition) is 1. The number of ether oxygens (including phenoxy) is 1. The normalized spacial score (nSPS) is 26.3. The Morgan fingerprint density at radius 1 is 1.25 bits per heavy atom. The van der Waals surface area contributed by atoms with Crippen LogP contribution in [0.25, 0.3) is 0 Å². The van der Waals surface area contributed by atoms with E-state index in [2.05, 4.69) is 4.74 Å². The van der Waals surface area contributed by atoms with Crippen molar-refractivity contribution in [1.82, 2.24) is 4.90 Å². The number of primary amides is 1. The van der Waals surface area contributed by atoms with Crippen molar-refractivity contribution in [1.29, 1.82) is 0 Å². The number of alkyl halides is 3. The summed E-state index contributed by atoms with van der Waals surface area (Å²) in [5, 5.41) is 0. The van der Waals surface area contributed by atoms with Crippen molar-refractivity contribution >= 4 is 11.8 Å². The van der Waals surface area contributed by atoms with Crippen LogP contribution in [0.1, 0.15) is 30.7 Å². The first kappa shape index (κ1) is 16.6. The van der Waals surface area contributed by atoms with E-state index >= 15 is 0 Å². The number of nitrogens with two attached hydrogens (primary N) is 1. The molecule has 1 aromatic carbocycles. The van der Waals surface area contributed by atoms with Gasteiger partial charge in [0.05, 0.1) is 0 Å². The fraction of sp³-hybridized carbons (Fsp3) is 0.500. The van der Waals surface area contributed by atoms with Crippen LogP contribution in [0.5, 0.6) is 5.75 Å². The van der Waals surface area contributed by atoms with E-state index in [4.69, 9.17) is 5.73 Å². The molecule has 0 unspecified atom stereocenters. The van der Waals surface area contributed by atoms with E-state index in [9.17, 15) is 22.8 Å². The molecule has 0 bridgehead atoms. The van der Waals surface area contributed by atoms with Crippen LogP contribution in [0.3, 0.4) is 0 Å². The number of rotatable bonds is 4. The van der Waals surface area contributed by atoms with Gasteiger partial charge >= 0.3 is 6.36 Å². The van der Waals surface area contributed by atoms with Gasteiger partial charge in [-0.15, -0.1) is 13.2 Å². The number of nitrogens with zero attached hydrogens (tertiary/aromatic N) is 1. The predicted octanol–water partition coefficient (Wildman–Crippen LogP) is 2.17.